The lowest BCUT2D eigenvalue weighted by molar-refractivity contribution is 0.622. The highest BCUT2D eigenvalue weighted by molar-refractivity contribution is 8.14. The van der Waals surface area contributed by atoms with Crippen molar-refractivity contribution in [3.8, 4) is 6.19 Å². The summed E-state index contributed by atoms with van der Waals surface area (Å²) in [6.45, 7) is 0.735. The number of nitrogens with zero attached hydrogens (tertiary/aromatic N) is 3. The molecule has 23 heavy (non-hydrogen) atoms. The lowest BCUT2D eigenvalue weighted by Gasteiger charge is -2.16. The first-order valence-corrected chi connectivity index (χ1v) is 8.80. The van der Waals surface area contributed by atoms with Crippen molar-refractivity contribution in [2.45, 2.75) is 12.5 Å². The molecule has 0 amide bonds. The van der Waals surface area contributed by atoms with E-state index in [9.17, 15) is 5.26 Å². The van der Waals surface area contributed by atoms with E-state index in [-0.39, 0.29) is 6.04 Å². The second kappa shape index (κ2) is 7.54. The molecular formula is C18H16ClN3S. The number of thioether (sulfide) groups is 1. The smallest absolute Gasteiger partial charge is 0.185 e. The molecule has 1 fully saturated rings. The standard InChI is InChI=1S/C18H16ClN3S/c19-16-8-4-5-14(11-16)12-17(15-6-2-1-3-7-15)21-18-22(13-20)9-10-23-18/h1-8,11,17H,9-10,12H2/b21-18-. The number of benzene rings is 2. The van der Waals surface area contributed by atoms with Crippen molar-refractivity contribution in [3.63, 3.8) is 0 Å². The molecule has 0 N–H and O–H groups in total. The Morgan fingerprint density at radius 3 is 2.78 bits per heavy atom. The molecule has 3 rings (SSSR count). The highest BCUT2D eigenvalue weighted by Gasteiger charge is 2.21. The van der Waals surface area contributed by atoms with Gasteiger partial charge in [0.2, 0.25) is 0 Å². The van der Waals surface area contributed by atoms with E-state index in [1.54, 1.807) is 16.7 Å². The summed E-state index contributed by atoms with van der Waals surface area (Å²) in [5.41, 5.74) is 2.28. The lowest BCUT2D eigenvalue weighted by atomic mass is 9.99. The van der Waals surface area contributed by atoms with Gasteiger partial charge in [-0.25, -0.2) is 0 Å². The van der Waals surface area contributed by atoms with E-state index in [4.69, 9.17) is 16.6 Å². The monoisotopic (exact) mass is 341 g/mol. The van der Waals surface area contributed by atoms with Crippen LogP contribution in [-0.4, -0.2) is 22.4 Å². The van der Waals surface area contributed by atoms with Gasteiger partial charge in [0, 0.05) is 17.3 Å². The molecule has 1 saturated heterocycles. The van der Waals surface area contributed by atoms with Gasteiger partial charge in [-0.15, -0.1) is 0 Å². The maximum absolute atomic E-state index is 9.21. The van der Waals surface area contributed by atoms with Crippen LogP contribution in [0.15, 0.2) is 59.6 Å². The molecule has 116 valence electrons. The number of hydrogen-bond acceptors (Lipinski definition) is 3. The zero-order chi connectivity index (χ0) is 16.1. The number of rotatable bonds is 4. The summed E-state index contributed by atoms with van der Waals surface area (Å²) >= 11 is 7.74. The van der Waals surface area contributed by atoms with Crippen LogP contribution in [0.5, 0.6) is 0 Å². The van der Waals surface area contributed by atoms with E-state index in [0.717, 1.165) is 40.0 Å². The molecule has 0 aliphatic carbocycles. The zero-order valence-corrected chi connectivity index (χ0v) is 14.1. The molecular weight excluding hydrogens is 326 g/mol. The second-order valence-electron chi connectivity index (χ2n) is 5.27. The maximum atomic E-state index is 9.21. The Morgan fingerprint density at radius 1 is 1.22 bits per heavy atom. The van der Waals surface area contributed by atoms with Gasteiger partial charge in [-0.1, -0.05) is 65.8 Å². The largest absolute Gasteiger partial charge is 0.257 e. The average molecular weight is 342 g/mol. The van der Waals surface area contributed by atoms with Crippen LogP contribution in [0, 0.1) is 11.5 Å². The molecule has 1 heterocycles. The van der Waals surface area contributed by atoms with E-state index in [0.29, 0.717) is 0 Å². The summed E-state index contributed by atoms with van der Waals surface area (Å²) in [5.74, 6) is 0.908. The summed E-state index contributed by atoms with van der Waals surface area (Å²) in [5, 5.41) is 10.8. The molecule has 2 aromatic carbocycles. The minimum Gasteiger partial charge on any atom is -0.257 e. The second-order valence-corrected chi connectivity index (χ2v) is 6.77. The van der Waals surface area contributed by atoms with Gasteiger partial charge in [-0.05, 0) is 29.7 Å². The van der Waals surface area contributed by atoms with Crippen LogP contribution >= 0.6 is 23.4 Å². The molecule has 1 aliphatic heterocycles. The molecule has 0 radical (unpaired) electrons. The summed E-state index contributed by atoms with van der Waals surface area (Å²) in [6.07, 6.45) is 2.96. The predicted molar refractivity (Wildman–Crippen MR) is 96.6 cm³/mol. The highest BCUT2D eigenvalue weighted by atomic mass is 35.5. The molecule has 0 bridgehead atoms. The van der Waals surface area contributed by atoms with Crippen LogP contribution in [-0.2, 0) is 6.42 Å². The predicted octanol–water partition coefficient (Wildman–Crippen LogP) is 4.51. The van der Waals surface area contributed by atoms with Crippen LogP contribution in [0.3, 0.4) is 0 Å². The van der Waals surface area contributed by atoms with E-state index in [1.807, 2.05) is 36.4 Å². The van der Waals surface area contributed by atoms with Gasteiger partial charge >= 0.3 is 0 Å². The average Bonchev–Trinajstić information content (AvgIpc) is 3.02. The zero-order valence-electron chi connectivity index (χ0n) is 12.5. The fourth-order valence-corrected chi connectivity index (χ4v) is 3.69. The SMILES string of the molecule is N#CN1CCS/C1=N\C(Cc1cccc(Cl)c1)c1ccccc1. The highest BCUT2D eigenvalue weighted by Crippen LogP contribution is 2.27. The Labute approximate surface area is 145 Å². The number of hydrogen-bond donors (Lipinski definition) is 0. The third kappa shape index (κ3) is 4.07. The van der Waals surface area contributed by atoms with Gasteiger partial charge in [0.15, 0.2) is 11.4 Å². The van der Waals surface area contributed by atoms with Crippen molar-refractivity contribution >= 4 is 28.5 Å². The van der Waals surface area contributed by atoms with Crippen LogP contribution in [0.2, 0.25) is 5.02 Å². The van der Waals surface area contributed by atoms with Crippen LogP contribution < -0.4 is 0 Å². The number of halogens is 1. The van der Waals surface area contributed by atoms with E-state index < -0.39 is 0 Å². The normalized spacial score (nSPS) is 17.2. The van der Waals surface area contributed by atoms with Crippen molar-refractivity contribution in [1.82, 2.24) is 4.90 Å². The number of amidine groups is 1. The van der Waals surface area contributed by atoms with Crippen LogP contribution in [0.4, 0.5) is 0 Å². The van der Waals surface area contributed by atoms with Crippen LogP contribution in [0.1, 0.15) is 17.2 Å². The minimum absolute atomic E-state index is 0.0221. The first kappa shape index (κ1) is 15.9. The summed E-state index contributed by atoms with van der Waals surface area (Å²) in [4.78, 5) is 6.53. The minimum atomic E-state index is -0.0221. The first-order valence-electron chi connectivity index (χ1n) is 7.43. The van der Waals surface area contributed by atoms with Crippen molar-refractivity contribution in [2.24, 2.45) is 4.99 Å². The van der Waals surface area contributed by atoms with Crippen molar-refractivity contribution in [2.75, 3.05) is 12.3 Å². The Balaban J connectivity index is 1.91. The van der Waals surface area contributed by atoms with E-state index >= 15 is 0 Å². The van der Waals surface area contributed by atoms with Gasteiger partial charge in [-0.3, -0.25) is 9.89 Å². The molecule has 5 heteroatoms. The third-order valence-corrected chi connectivity index (χ3v) is 4.87. The van der Waals surface area contributed by atoms with E-state index in [1.165, 1.54) is 0 Å². The Bertz CT molecular complexity index is 739. The molecule has 0 aromatic heterocycles. The van der Waals surface area contributed by atoms with Gasteiger partial charge < -0.3 is 0 Å². The quantitative estimate of drug-likeness (QED) is 0.768. The van der Waals surface area contributed by atoms with E-state index in [2.05, 4.69) is 24.4 Å². The summed E-state index contributed by atoms with van der Waals surface area (Å²) in [7, 11) is 0. The molecule has 2 aromatic rings. The topological polar surface area (TPSA) is 39.4 Å². The molecule has 1 unspecified atom stereocenters. The Morgan fingerprint density at radius 2 is 2.04 bits per heavy atom. The van der Waals surface area contributed by atoms with Crippen molar-refractivity contribution in [1.29, 1.82) is 5.26 Å². The fraction of sp³-hybridized carbons (Fsp3) is 0.222. The van der Waals surface area contributed by atoms with Gasteiger partial charge in [0.1, 0.15) is 0 Å². The molecule has 0 spiro atoms. The number of nitriles is 1. The number of aliphatic imine (C=N–C) groups is 1. The maximum Gasteiger partial charge on any atom is 0.185 e. The van der Waals surface area contributed by atoms with Crippen molar-refractivity contribution < 1.29 is 0 Å². The van der Waals surface area contributed by atoms with Gasteiger partial charge in [-0.2, -0.15) is 5.26 Å². The molecule has 0 saturated carbocycles. The fourth-order valence-electron chi connectivity index (χ4n) is 2.54. The molecule has 3 nitrogen and oxygen atoms in total. The first-order chi connectivity index (χ1) is 11.3. The summed E-state index contributed by atoms with van der Waals surface area (Å²) < 4.78 is 0. The van der Waals surface area contributed by atoms with Gasteiger partial charge in [0.25, 0.3) is 0 Å². The molecule has 1 aliphatic rings. The van der Waals surface area contributed by atoms with Gasteiger partial charge in [0.05, 0.1) is 6.04 Å². The summed E-state index contributed by atoms with van der Waals surface area (Å²) in [6, 6.07) is 18.0. The van der Waals surface area contributed by atoms with Crippen molar-refractivity contribution in [3.05, 3.63) is 70.7 Å². The lowest BCUT2D eigenvalue weighted by Crippen LogP contribution is -2.19. The molecule has 1 atom stereocenters. The van der Waals surface area contributed by atoms with Crippen LogP contribution in [0.25, 0.3) is 0 Å². The third-order valence-electron chi connectivity index (χ3n) is 3.67. The Hall–Kier alpha value is -1.96. The Kier molecular flexibility index (Phi) is 5.22.